The Balaban J connectivity index is 1.50. The Bertz CT molecular complexity index is 766. The van der Waals surface area contributed by atoms with E-state index in [0.717, 1.165) is 55.6 Å². The third kappa shape index (κ3) is 6.01. The van der Waals surface area contributed by atoms with E-state index in [9.17, 15) is 4.79 Å². The molecule has 0 spiro atoms. The van der Waals surface area contributed by atoms with Gasteiger partial charge < -0.3 is 15.5 Å². The molecule has 2 aromatic rings. The highest BCUT2D eigenvalue weighted by molar-refractivity contribution is 7.80. The number of hydrogen-bond donors (Lipinski definition) is 2. The molecule has 6 nitrogen and oxygen atoms in total. The molecule has 1 saturated heterocycles. The predicted molar refractivity (Wildman–Crippen MR) is 113 cm³/mol. The monoisotopic (exact) mass is 383 g/mol. The number of hydrogen-bond acceptors (Lipinski definition) is 4. The van der Waals surface area contributed by atoms with Gasteiger partial charge in [-0.1, -0.05) is 12.1 Å². The Morgan fingerprint density at radius 1 is 1.07 bits per heavy atom. The Morgan fingerprint density at radius 3 is 2.59 bits per heavy atom. The van der Waals surface area contributed by atoms with Crippen LogP contribution in [-0.4, -0.2) is 52.0 Å². The van der Waals surface area contributed by atoms with Gasteiger partial charge in [0, 0.05) is 51.5 Å². The number of thiocarbonyl (C=S) groups is 1. The molecule has 0 atom stereocenters. The first kappa shape index (κ1) is 19.3. The van der Waals surface area contributed by atoms with Crippen LogP contribution in [0.2, 0.25) is 0 Å². The van der Waals surface area contributed by atoms with Crippen molar-refractivity contribution in [2.24, 2.45) is 0 Å². The van der Waals surface area contributed by atoms with Crippen molar-refractivity contribution in [3.63, 3.8) is 0 Å². The number of carbonyl (C=O) groups excluding carboxylic acids is 1. The van der Waals surface area contributed by atoms with Crippen molar-refractivity contribution >= 4 is 34.6 Å². The number of nitrogens with zero attached hydrogens (tertiary/aromatic N) is 3. The lowest BCUT2D eigenvalue weighted by molar-refractivity contribution is -0.114. The molecule has 3 rings (SSSR count). The van der Waals surface area contributed by atoms with Crippen LogP contribution in [0.4, 0.5) is 11.4 Å². The molecular formula is C20H25N5OS. The third-order valence-electron chi connectivity index (χ3n) is 4.47. The van der Waals surface area contributed by atoms with Gasteiger partial charge in [-0.15, -0.1) is 0 Å². The first-order chi connectivity index (χ1) is 13.1. The summed E-state index contributed by atoms with van der Waals surface area (Å²) in [5.41, 5.74) is 3.00. The van der Waals surface area contributed by atoms with Crippen molar-refractivity contribution in [2.75, 3.05) is 36.8 Å². The number of amides is 1. The zero-order chi connectivity index (χ0) is 19.1. The summed E-state index contributed by atoms with van der Waals surface area (Å²) in [7, 11) is 0. The molecule has 1 aliphatic heterocycles. The zero-order valence-electron chi connectivity index (χ0n) is 15.5. The fraction of sp³-hybridized carbons (Fsp3) is 0.350. The average molecular weight is 384 g/mol. The second-order valence-electron chi connectivity index (χ2n) is 6.67. The summed E-state index contributed by atoms with van der Waals surface area (Å²) in [6.07, 6.45) is 4.60. The van der Waals surface area contributed by atoms with Gasteiger partial charge in [-0.3, -0.25) is 14.7 Å². The van der Waals surface area contributed by atoms with Crippen LogP contribution in [0.3, 0.4) is 0 Å². The molecule has 142 valence electrons. The van der Waals surface area contributed by atoms with Gasteiger partial charge in [0.05, 0.1) is 11.9 Å². The number of nitrogens with one attached hydrogen (secondary N) is 2. The topological polar surface area (TPSA) is 60.5 Å². The number of benzene rings is 1. The molecule has 2 heterocycles. The molecule has 0 saturated carbocycles. The van der Waals surface area contributed by atoms with Gasteiger partial charge in [-0.2, -0.15) is 0 Å². The highest BCUT2D eigenvalue weighted by atomic mass is 32.1. The number of carbonyl (C=O) groups is 1. The van der Waals surface area contributed by atoms with E-state index >= 15 is 0 Å². The smallest absolute Gasteiger partial charge is 0.221 e. The molecule has 1 aromatic carbocycles. The van der Waals surface area contributed by atoms with Gasteiger partial charge in [-0.05, 0) is 48.5 Å². The summed E-state index contributed by atoms with van der Waals surface area (Å²) in [6, 6.07) is 11.9. The highest BCUT2D eigenvalue weighted by Crippen LogP contribution is 2.14. The Hall–Kier alpha value is -2.51. The minimum Gasteiger partial charge on any atom is -0.348 e. The van der Waals surface area contributed by atoms with E-state index in [1.807, 2.05) is 24.3 Å². The molecule has 1 aliphatic rings. The van der Waals surface area contributed by atoms with Crippen LogP contribution in [0, 0.1) is 0 Å². The first-order valence-corrected chi connectivity index (χ1v) is 9.56. The number of anilines is 2. The summed E-state index contributed by atoms with van der Waals surface area (Å²) < 4.78 is 0. The molecule has 0 unspecified atom stereocenters. The van der Waals surface area contributed by atoms with Gasteiger partial charge in [0.15, 0.2) is 5.11 Å². The lowest BCUT2D eigenvalue weighted by Gasteiger charge is -2.24. The lowest BCUT2D eigenvalue weighted by Crippen LogP contribution is -2.37. The zero-order valence-corrected chi connectivity index (χ0v) is 16.3. The number of pyridine rings is 1. The maximum atomic E-state index is 11.1. The van der Waals surface area contributed by atoms with Crippen molar-refractivity contribution in [2.45, 2.75) is 19.9 Å². The van der Waals surface area contributed by atoms with E-state index in [2.05, 4.69) is 37.6 Å². The second-order valence-corrected chi connectivity index (χ2v) is 7.05. The summed E-state index contributed by atoms with van der Waals surface area (Å²) in [5.74, 6) is -0.0498. The fourth-order valence-electron chi connectivity index (χ4n) is 3.13. The molecule has 27 heavy (non-hydrogen) atoms. The molecule has 1 fully saturated rings. The Kier molecular flexibility index (Phi) is 6.73. The summed E-state index contributed by atoms with van der Waals surface area (Å²) in [5, 5.41) is 6.82. The van der Waals surface area contributed by atoms with Gasteiger partial charge in [0.25, 0.3) is 0 Å². The molecule has 1 aromatic heterocycles. The summed E-state index contributed by atoms with van der Waals surface area (Å²) >= 11 is 5.57. The predicted octanol–water partition coefficient (Wildman–Crippen LogP) is 2.94. The maximum Gasteiger partial charge on any atom is 0.221 e. The number of rotatable bonds is 4. The van der Waals surface area contributed by atoms with Crippen molar-refractivity contribution < 1.29 is 4.79 Å². The van der Waals surface area contributed by atoms with Crippen molar-refractivity contribution in [3.05, 3.63) is 54.4 Å². The van der Waals surface area contributed by atoms with E-state index < -0.39 is 0 Å². The minimum atomic E-state index is -0.0498. The molecule has 0 aliphatic carbocycles. The normalized spacial score (nSPS) is 15.1. The van der Waals surface area contributed by atoms with Gasteiger partial charge in [0.1, 0.15) is 0 Å². The average Bonchev–Trinajstić information content (AvgIpc) is 2.89. The molecule has 0 radical (unpaired) electrons. The van der Waals surface area contributed by atoms with Crippen LogP contribution < -0.4 is 10.6 Å². The highest BCUT2D eigenvalue weighted by Gasteiger charge is 2.17. The minimum absolute atomic E-state index is 0.0498. The van der Waals surface area contributed by atoms with E-state index in [0.29, 0.717) is 0 Å². The van der Waals surface area contributed by atoms with Crippen LogP contribution in [-0.2, 0) is 11.3 Å². The van der Waals surface area contributed by atoms with Gasteiger partial charge in [0.2, 0.25) is 5.91 Å². The van der Waals surface area contributed by atoms with E-state index in [1.165, 1.54) is 12.5 Å². The van der Waals surface area contributed by atoms with Crippen molar-refractivity contribution in [3.8, 4) is 0 Å². The number of aromatic nitrogens is 1. The fourth-order valence-corrected chi connectivity index (χ4v) is 3.43. The van der Waals surface area contributed by atoms with Crippen molar-refractivity contribution in [1.82, 2.24) is 14.8 Å². The van der Waals surface area contributed by atoms with Crippen LogP contribution >= 0.6 is 12.2 Å². The van der Waals surface area contributed by atoms with Gasteiger partial charge in [-0.25, -0.2) is 0 Å². The molecule has 0 bridgehead atoms. The maximum absolute atomic E-state index is 11.1. The third-order valence-corrected chi connectivity index (χ3v) is 4.83. The van der Waals surface area contributed by atoms with Crippen molar-refractivity contribution in [1.29, 1.82) is 0 Å². The van der Waals surface area contributed by atoms with Crippen LogP contribution in [0.15, 0.2) is 48.8 Å². The van der Waals surface area contributed by atoms with Crippen LogP contribution in [0.5, 0.6) is 0 Å². The molecule has 7 heteroatoms. The summed E-state index contributed by atoms with van der Waals surface area (Å²) in [6.45, 7) is 6.27. The van der Waals surface area contributed by atoms with Gasteiger partial charge >= 0.3 is 0 Å². The quantitative estimate of drug-likeness (QED) is 0.792. The SMILES string of the molecule is CC(=O)Nc1ccc(CN2CCCN(C(=S)Nc3cccnc3)CC2)cc1. The van der Waals surface area contributed by atoms with Crippen LogP contribution in [0.1, 0.15) is 18.9 Å². The molecule has 2 N–H and O–H groups in total. The Labute approximate surface area is 165 Å². The van der Waals surface area contributed by atoms with E-state index in [4.69, 9.17) is 12.2 Å². The summed E-state index contributed by atoms with van der Waals surface area (Å²) in [4.78, 5) is 19.9. The largest absolute Gasteiger partial charge is 0.348 e. The Morgan fingerprint density at radius 2 is 1.89 bits per heavy atom. The standard InChI is InChI=1S/C20H25N5OS/c1-16(26)22-18-7-5-17(6-8-18)15-24-10-3-11-25(13-12-24)20(27)23-19-4-2-9-21-14-19/h2,4-9,14H,3,10-13,15H2,1H3,(H,22,26)(H,23,27). The first-order valence-electron chi connectivity index (χ1n) is 9.15. The molecular weight excluding hydrogens is 358 g/mol. The van der Waals surface area contributed by atoms with E-state index in [-0.39, 0.29) is 5.91 Å². The lowest BCUT2D eigenvalue weighted by atomic mass is 10.2. The molecule has 1 amide bonds. The van der Waals surface area contributed by atoms with Crippen LogP contribution in [0.25, 0.3) is 0 Å². The van der Waals surface area contributed by atoms with E-state index in [1.54, 1.807) is 12.4 Å². The second kappa shape index (κ2) is 9.43.